The smallest absolute Gasteiger partial charge is 0.315 e. The molecule has 0 radical (unpaired) electrons. The van der Waals surface area contributed by atoms with E-state index in [-0.39, 0.29) is 25.3 Å². The van der Waals surface area contributed by atoms with Crippen LogP contribution in [0, 0.1) is 11.8 Å². The monoisotopic (exact) mass is 406 g/mol. The van der Waals surface area contributed by atoms with Gasteiger partial charge in [0.1, 0.15) is 5.92 Å². The molecule has 1 aromatic rings. The largest absolute Gasteiger partial charge is 0.466 e. The van der Waals surface area contributed by atoms with E-state index in [2.05, 4.69) is 5.16 Å². The van der Waals surface area contributed by atoms with Gasteiger partial charge in [0.05, 0.1) is 30.4 Å². The molecule has 1 aromatic carbocycles. The predicted octanol–water partition coefficient (Wildman–Crippen LogP) is 2.18. The summed E-state index contributed by atoms with van der Waals surface area (Å²) in [5.74, 6) is -4.07. The Hall–Kier alpha value is -2.61. The summed E-state index contributed by atoms with van der Waals surface area (Å²) in [6.07, 6.45) is -0.150. The summed E-state index contributed by atoms with van der Waals surface area (Å²) in [7, 11) is 3.81. The van der Waals surface area contributed by atoms with Gasteiger partial charge in [-0.25, -0.2) is 0 Å². The Bertz CT molecular complexity index is 757. The number of carbonyl (C=O) groups is 2. The van der Waals surface area contributed by atoms with Crippen LogP contribution in [0.1, 0.15) is 38.7 Å². The minimum absolute atomic E-state index is 0.0793. The van der Waals surface area contributed by atoms with E-state index in [1.807, 2.05) is 31.1 Å². The third kappa shape index (κ3) is 4.70. The van der Waals surface area contributed by atoms with Crippen molar-refractivity contribution in [3.05, 3.63) is 29.8 Å². The highest BCUT2D eigenvalue weighted by molar-refractivity contribution is 6.05. The van der Waals surface area contributed by atoms with Crippen molar-refractivity contribution in [3.63, 3.8) is 0 Å². The zero-order chi connectivity index (χ0) is 21.8. The van der Waals surface area contributed by atoms with Crippen molar-refractivity contribution in [3.8, 4) is 0 Å². The van der Waals surface area contributed by atoms with Crippen LogP contribution in [-0.2, 0) is 19.1 Å². The topological polar surface area (TPSA) is 109 Å². The summed E-state index contributed by atoms with van der Waals surface area (Å²) in [6.45, 7) is 5.13. The zero-order valence-electron chi connectivity index (χ0n) is 17.6. The Morgan fingerprint density at radius 2 is 1.69 bits per heavy atom. The van der Waals surface area contributed by atoms with E-state index in [1.54, 1.807) is 26.0 Å². The van der Waals surface area contributed by atoms with Crippen molar-refractivity contribution in [2.75, 3.05) is 32.2 Å². The van der Waals surface area contributed by atoms with Crippen molar-refractivity contribution < 1.29 is 29.4 Å². The Morgan fingerprint density at radius 3 is 2.17 bits per heavy atom. The first-order valence-electron chi connectivity index (χ1n) is 9.71. The van der Waals surface area contributed by atoms with Crippen LogP contribution in [0.15, 0.2) is 29.4 Å². The number of benzene rings is 1. The van der Waals surface area contributed by atoms with Crippen molar-refractivity contribution in [1.82, 2.24) is 0 Å². The highest BCUT2D eigenvalue weighted by Crippen LogP contribution is 2.47. The van der Waals surface area contributed by atoms with E-state index in [1.165, 1.54) is 6.92 Å². The Morgan fingerprint density at radius 1 is 1.14 bits per heavy atom. The van der Waals surface area contributed by atoms with E-state index in [4.69, 9.17) is 9.47 Å². The van der Waals surface area contributed by atoms with E-state index in [0.29, 0.717) is 5.56 Å². The molecule has 0 heterocycles. The summed E-state index contributed by atoms with van der Waals surface area (Å²) >= 11 is 0. The second kappa shape index (κ2) is 9.26. The van der Waals surface area contributed by atoms with Gasteiger partial charge < -0.3 is 24.7 Å². The maximum atomic E-state index is 12.8. The van der Waals surface area contributed by atoms with Crippen LogP contribution in [0.4, 0.5) is 5.69 Å². The van der Waals surface area contributed by atoms with Crippen molar-refractivity contribution in [1.29, 1.82) is 0 Å². The van der Waals surface area contributed by atoms with Crippen LogP contribution in [0.25, 0.3) is 0 Å². The Labute approximate surface area is 171 Å². The molecule has 4 unspecified atom stereocenters. The number of hydrogen-bond donors (Lipinski definition) is 2. The molecule has 8 nitrogen and oxygen atoms in total. The van der Waals surface area contributed by atoms with Crippen LogP contribution < -0.4 is 4.90 Å². The molecular weight excluding hydrogens is 376 g/mol. The molecule has 1 saturated carbocycles. The first kappa shape index (κ1) is 22.7. The fourth-order valence-electron chi connectivity index (χ4n) is 4.00. The van der Waals surface area contributed by atoms with Gasteiger partial charge in [0.15, 0.2) is 0 Å². The maximum absolute atomic E-state index is 12.8. The molecule has 0 aliphatic heterocycles. The summed E-state index contributed by atoms with van der Waals surface area (Å²) in [5.41, 5.74) is 0.0954. The second-order valence-electron chi connectivity index (χ2n) is 7.60. The molecule has 0 spiro atoms. The Kier molecular flexibility index (Phi) is 7.24. The SMILES string of the molecule is CCOC(=O)C1/C(=N/O)CC(C)(O)C(C(=O)OCC)C1c1ccc(N(C)C)cc1. The van der Waals surface area contributed by atoms with Gasteiger partial charge in [0.2, 0.25) is 0 Å². The molecule has 2 rings (SSSR count). The number of ether oxygens (including phenoxy) is 2. The average Bonchev–Trinajstić information content (AvgIpc) is 2.66. The van der Waals surface area contributed by atoms with Crippen molar-refractivity contribution >= 4 is 23.3 Å². The molecule has 8 heteroatoms. The third-order valence-electron chi connectivity index (χ3n) is 5.29. The molecule has 1 aliphatic carbocycles. The lowest BCUT2D eigenvalue weighted by molar-refractivity contribution is -0.163. The lowest BCUT2D eigenvalue weighted by atomic mass is 9.61. The number of hydrogen-bond acceptors (Lipinski definition) is 8. The zero-order valence-corrected chi connectivity index (χ0v) is 17.6. The lowest BCUT2D eigenvalue weighted by Gasteiger charge is -2.44. The van der Waals surface area contributed by atoms with Gasteiger partial charge in [-0.2, -0.15) is 0 Å². The molecule has 2 N–H and O–H groups in total. The van der Waals surface area contributed by atoms with Crippen LogP contribution in [0.3, 0.4) is 0 Å². The molecule has 0 amide bonds. The highest BCUT2D eigenvalue weighted by atomic mass is 16.5. The van der Waals surface area contributed by atoms with Crippen LogP contribution >= 0.6 is 0 Å². The molecular formula is C21H30N2O6. The molecule has 1 aliphatic rings. The quantitative estimate of drug-likeness (QED) is 0.423. The van der Waals surface area contributed by atoms with Crippen molar-refractivity contribution in [2.45, 2.75) is 38.7 Å². The van der Waals surface area contributed by atoms with Gasteiger partial charge in [-0.3, -0.25) is 9.59 Å². The minimum atomic E-state index is -1.57. The van der Waals surface area contributed by atoms with Gasteiger partial charge in [0, 0.05) is 32.1 Å². The predicted molar refractivity (Wildman–Crippen MR) is 108 cm³/mol. The fraction of sp³-hybridized carbons (Fsp3) is 0.571. The van der Waals surface area contributed by atoms with E-state index in [9.17, 15) is 19.9 Å². The molecule has 0 aromatic heterocycles. The molecule has 160 valence electrons. The summed E-state index contributed by atoms with van der Waals surface area (Å²) in [4.78, 5) is 27.6. The molecule has 0 saturated heterocycles. The number of anilines is 1. The van der Waals surface area contributed by atoms with Crippen LogP contribution in [0.2, 0.25) is 0 Å². The number of oxime groups is 1. The number of nitrogens with zero attached hydrogens (tertiary/aromatic N) is 2. The summed E-state index contributed by atoms with van der Waals surface area (Å²) in [6, 6.07) is 7.32. The number of aliphatic hydroxyl groups is 1. The van der Waals surface area contributed by atoms with Gasteiger partial charge in [-0.1, -0.05) is 17.3 Å². The fourth-order valence-corrected chi connectivity index (χ4v) is 4.00. The molecule has 0 bridgehead atoms. The maximum Gasteiger partial charge on any atom is 0.315 e. The first-order valence-corrected chi connectivity index (χ1v) is 9.71. The van der Waals surface area contributed by atoms with E-state index in [0.717, 1.165) is 5.69 Å². The van der Waals surface area contributed by atoms with E-state index >= 15 is 0 Å². The van der Waals surface area contributed by atoms with Crippen molar-refractivity contribution in [2.24, 2.45) is 17.0 Å². The summed E-state index contributed by atoms with van der Waals surface area (Å²) < 4.78 is 10.4. The lowest BCUT2D eigenvalue weighted by Crippen LogP contribution is -2.55. The Balaban J connectivity index is 2.65. The standard InChI is InChI=1S/C21H30N2O6/c1-6-28-19(24)17-15(22-27)12-21(3,26)18(20(25)29-7-2)16(17)13-8-10-14(11-9-13)23(4)5/h8-11,16-18,26-27H,6-7,12H2,1-5H3/b22-15+. The van der Waals surface area contributed by atoms with Gasteiger partial charge in [-0.15, -0.1) is 0 Å². The number of carbonyl (C=O) groups excluding carboxylic acids is 2. The normalized spacial score (nSPS) is 28.1. The van der Waals surface area contributed by atoms with Gasteiger partial charge in [-0.05, 0) is 38.5 Å². The number of rotatable bonds is 6. The molecule has 1 fully saturated rings. The number of esters is 2. The van der Waals surface area contributed by atoms with Crippen LogP contribution in [0.5, 0.6) is 0 Å². The average molecular weight is 406 g/mol. The summed E-state index contributed by atoms with van der Waals surface area (Å²) in [5, 5.41) is 23.9. The van der Waals surface area contributed by atoms with Crippen LogP contribution in [-0.4, -0.2) is 60.9 Å². The highest BCUT2D eigenvalue weighted by Gasteiger charge is 2.56. The first-order chi connectivity index (χ1) is 13.7. The molecule has 29 heavy (non-hydrogen) atoms. The minimum Gasteiger partial charge on any atom is -0.466 e. The van der Waals surface area contributed by atoms with Gasteiger partial charge in [0.25, 0.3) is 0 Å². The van der Waals surface area contributed by atoms with E-state index < -0.39 is 35.3 Å². The van der Waals surface area contributed by atoms with Gasteiger partial charge >= 0.3 is 11.9 Å². The second-order valence-corrected chi connectivity index (χ2v) is 7.60. The third-order valence-corrected chi connectivity index (χ3v) is 5.29. The molecule has 4 atom stereocenters.